The minimum Gasteiger partial charge on any atom is -0.392 e. The minimum absolute atomic E-state index is 0.0702. The fourth-order valence-corrected chi connectivity index (χ4v) is 3.78. The molecular formula is C13H19ClFNO3S2. The lowest BCUT2D eigenvalue weighted by molar-refractivity contribution is 0.274. The lowest BCUT2D eigenvalue weighted by Gasteiger charge is -2.10. The molecule has 0 saturated carbocycles. The van der Waals surface area contributed by atoms with Crippen LogP contribution in [0.15, 0.2) is 17.0 Å². The second-order valence-electron chi connectivity index (χ2n) is 4.49. The van der Waals surface area contributed by atoms with Crippen LogP contribution in [0, 0.1) is 5.82 Å². The van der Waals surface area contributed by atoms with Crippen LogP contribution in [0.1, 0.15) is 24.8 Å². The number of hydrogen-bond donors (Lipinski definition) is 2. The Morgan fingerprint density at radius 1 is 1.33 bits per heavy atom. The maximum Gasteiger partial charge on any atom is 0.243 e. The molecule has 0 unspecified atom stereocenters. The molecule has 0 saturated heterocycles. The number of aliphatic hydroxyl groups is 1. The number of hydrogen-bond acceptors (Lipinski definition) is 4. The van der Waals surface area contributed by atoms with Gasteiger partial charge in [0.2, 0.25) is 10.0 Å². The van der Waals surface area contributed by atoms with Gasteiger partial charge in [-0.15, -0.1) is 0 Å². The summed E-state index contributed by atoms with van der Waals surface area (Å²) in [4.78, 5) is -0.525. The summed E-state index contributed by atoms with van der Waals surface area (Å²) in [6, 6.07) is 2.25. The van der Waals surface area contributed by atoms with Crippen molar-refractivity contribution in [3.8, 4) is 0 Å². The first-order valence-corrected chi connectivity index (χ1v) is 9.75. The molecule has 0 bridgehead atoms. The molecule has 1 aromatic carbocycles. The van der Waals surface area contributed by atoms with Crippen molar-refractivity contribution in [2.24, 2.45) is 0 Å². The Labute approximate surface area is 134 Å². The molecule has 0 aromatic heterocycles. The molecule has 21 heavy (non-hydrogen) atoms. The van der Waals surface area contributed by atoms with E-state index in [1.165, 1.54) is 6.07 Å². The fraction of sp³-hybridized carbons (Fsp3) is 0.538. The van der Waals surface area contributed by atoms with Crippen LogP contribution in [-0.2, 0) is 16.6 Å². The van der Waals surface area contributed by atoms with E-state index in [4.69, 9.17) is 16.7 Å². The predicted octanol–water partition coefficient (Wildman–Crippen LogP) is 2.78. The van der Waals surface area contributed by atoms with Crippen molar-refractivity contribution in [1.29, 1.82) is 0 Å². The number of nitrogens with one attached hydrogen (secondary N) is 1. The van der Waals surface area contributed by atoms with Crippen LogP contribution in [0.3, 0.4) is 0 Å². The third-order valence-corrected chi connectivity index (χ3v) is 5.23. The van der Waals surface area contributed by atoms with Crippen molar-refractivity contribution in [3.05, 3.63) is 28.5 Å². The Bertz CT molecular complexity index is 567. The Balaban J connectivity index is 2.72. The number of halogens is 2. The number of benzene rings is 1. The first-order valence-electron chi connectivity index (χ1n) is 6.49. The van der Waals surface area contributed by atoms with Crippen LogP contribution in [0.4, 0.5) is 4.39 Å². The quantitative estimate of drug-likeness (QED) is 0.668. The molecule has 1 rings (SSSR count). The zero-order valence-electron chi connectivity index (χ0n) is 11.7. The molecule has 8 heteroatoms. The van der Waals surface area contributed by atoms with Gasteiger partial charge >= 0.3 is 0 Å². The highest BCUT2D eigenvalue weighted by Crippen LogP contribution is 2.23. The average Bonchev–Trinajstić information content (AvgIpc) is 2.44. The minimum atomic E-state index is -3.96. The molecular weight excluding hydrogens is 337 g/mol. The van der Waals surface area contributed by atoms with Crippen molar-refractivity contribution in [2.45, 2.75) is 30.8 Å². The van der Waals surface area contributed by atoms with E-state index in [9.17, 15) is 12.8 Å². The summed E-state index contributed by atoms with van der Waals surface area (Å²) in [5, 5.41) is 9.08. The average molecular weight is 356 g/mol. The van der Waals surface area contributed by atoms with Crippen molar-refractivity contribution < 1.29 is 17.9 Å². The Morgan fingerprint density at radius 2 is 2.05 bits per heavy atom. The summed E-state index contributed by atoms with van der Waals surface area (Å²) in [6.07, 6.45) is 4.63. The lowest BCUT2D eigenvalue weighted by atomic mass is 10.2. The van der Waals surface area contributed by atoms with Crippen LogP contribution in [0.5, 0.6) is 0 Å². The Hall–Kier alpha value is -0.340. The van der Waals surface area contributed by atoms with Gasteiger partial charge in [-0.3, -0.25) is 0 Å². The van der Waals surface area contributed by atoms with Gasteiger partial charge in [-0.25, -0.2) is 17.5 Å². The summed E-state index contributed by atoms with van der Waals surface area (Å²) >= 11 is 7.50. The summed E-state index contributed by atoms with van der Waals surface area (Å²) in [5.74, 6) is 0.0759. The molecule has 2 N–H and O–H groups in total. The highest BCUT2D eigenvalue weighted by atomic mass is 35.5. The van der Waals surface area contributed by atoms with E-state index in [0.29, 0.717) is 6.42 Å². The van der Waals surface area contributed by atoms with Gasteiger partial charge in [0.05, 0.1) is 6.61 Å². The molecule has 0 radical (unpaired) electrons. The second-order valence-corrected chi connectivity index (χ2v) is 7.64. The van der Waals surface area contributed by atoms with Gasteiger partial charge < -0.3 is 5.11 Å². The first-order chi connectivity index (χ1) is 9.92. The van der Waals surface area contributed by atoms with E-state index in [1.807, 2.05) is 6.26 Å². The van der Waals surface area contributed by atoms with Gasteiger partial charge in [0, 0.05) is 17.1 Å². The number of aliphatic hydroxyl groups excluding tert-OH is 1. The zero-order valence-corrected chi connectivity index (χ0v) is 14.1. The highest BCUT2D eigenvalue weighted by molar-refractivity contribution is 7.98. The lowest BCUT2D eigenvalue weighted by Crippen LogP contribution is -2.26. The van der Waals surface area contributed by atoms with Gasteiger partial charge in [0.1, 0.15) is 10.7 Å². The van der Waals surface area contributed by atoms with E-state index in [-0.39, 0.29) is 17.1 Å². The van der Waals surface area contributed by atoms with E-state index < -0.39 is 27.3 Å². The summed E-state index contributed by atoms with van der Waals surface area (Å²) in [7, 11) is -3.96. The van der Waals surface area contributed by atoms with Crippen molar-refractivity contribution >= 4 is 33.4 Å². The molecule has 0 aliphatic carbocycles. The molecule has 0 spiro atoms. The predicted molar refractivity (Wildman–Crippen MR) is 84.8 cm³/mol. The summed E-state index contributed by atoms with van der Waals surface area (Å²) in [5.41, 5.74) is -0.136. The second kappa shape index (κ2) is 8.95. The summed E-state index contributed by atoms with van der Waals surface area (Å²) < 4.78 is 40.5. The SMILES string of the molecule is CSCCCCCNS(=O)(=O)c1cc(Cl)cc(CO)c1F. The van der Waals surface area contributed by atoms with Gasteiger partial charge in [-0.2, -0.15) is 11.8 Å². The normalized spacial score (nSPS) is 11.8. The number of thioether (sulfide) groups is 1. The molecule has 0 atom stereocenters. The molecule has 0 aliphatic heterocycles. The third-order valence-electron chi connectivity index (χ3n) is 2.86. The molecule has 4 nitrogen and oxygen atoms in total. The number of sulfonamides is 1. The van der Waals surface area contributed by atoms with Gasteiger partial charge in [0.15, 0.2) is 0 Å². The van der Waals surface area contributed by atoms with E-state index >= 15 is 0 Å². The first kappa shape index (κ1) is 18.7. The van der Waals surface area contributed by atoms with Crippen LogP contribution in [0.25, 0.3) is 0 Å². The largest absolute Gasteiger partial charge is 0.392 e. The maximum atomic E-state index is 14.0. The van der Waals surface area contributed by atoms with Crippen LogP contribution in [-0.4, -0.2) is 32.1 Å². The molecule has 0 aliphatic rings. The van der Waals surface area contributed by atoms with Gasteiger partial charge in [-0.05, 0) is 37.0 Å². The number of rotatable bonds is 9. The Kier molecular flexibility index (Phi) is 7.97. The number of unbranched alkanes of at least 4 members (excludes halogenated alkanes) is 2. The van der Waals surface area contributed by atoms with Crippen LogP contribution >= 0.6 is 23.4 Å². The van der Waals surface area contributed by atoms with Crippen molar-refractivity contribution in [1.82, 2.24) is 4.72 Å². The third kappa shape index (κ3) is 5.75. The van der Waals surface area contributed by atoms with Crippen molar-refractivity contribution in [2.75, 3.05) is 18.6 Å². The molecule has 1 aromatic rings. The molecule has 120 valence electrons. The standard InChI is InChI=1S/C13H19ClFNO3S2/c1-20-6-4-2-3-5-16-21(18,19)12-8-11(14)7-10(9-17)13(12)15/h7-8,16-17H,2-6,9H2,1H3. The molecule has 0 heterocycles. The summed E-state index contributed by atoms with van der Waals surface area (Å²) in [6.45, 7) is -0.360. The molecule has 0 amide bonds. The topological polar surface area (TPSA) is 66.4 Å². The smallest absolute Gasteiger partial charge is 0.243 e. The van der Waals surface area contributed by atoms with Crippen LogP contribution in [0.2, 0.25) is 5.02 Å². The van der Waals surface area contributed by atoms with Gasteiger partial charge in [0.25, 0.3) is 0 Å². The van der Waals surface area contributed by atoms with E-state index in [2.05, 4.69) is 4.72 Å². The molecule has 0 fully saturated rings. The van der Waals surface area contributed by atoms with Gasteiger partial charge in [-0.1, -0.05) is 18.0 Å². The van der Waals surface area contributed by atoms with E-state index in [0.717, 1.165) is 24.7 Å². The fourth-order valence-electron chi connectivity index (χ4n) is 1.76. The maximum absolute atomic E-state index is 14.0. The zero-order chi connectivity index (χ0) is 15.9. The van der Waals surface area contributed by atoms with E-state index in [1.54, 1.807) is 11.8 Å². The monoisotopic (exact) mass is 355 g/mol. The van der Waals surface area contributed by atoms with Crippen molar-refractivity contribution in [3.63, 3.8) is 0 Å². The van der Waals surface area contributed by atoms with Crippen LogP contribution < -0.4 is 4.72 Å². The highest BCUT2D eigenvalue weighted by Gasteiger charge is 2.21. The Morgan fingerprint density at radius 3 is 2.67 bits per heavy atom.